The monoisotopic (exact) mass is 271 g/mol. The third-order valence-electron chi connectivity index (χ3n) is 3.61. The van der Waals surface area contributed by atoms with E-state index in [0.717, 1.165) is 21.8 Å². The van der Waals surface area contributed by atoms with Gasteiger partial charge in [0.1, 0.15) is 5.60 Å². The van der Waals surface area contributed by atoms with Crippen LogP contribution in [-0.2, 0) is 11.4 Å². The second kappa shape index (κ2) is 5.00. The van der Waals surface area contributed by atoms with Gasteiger partial charge in [0.15, 0.2) is 0 Å². The number of aliphatic hydroxyl groups is 1. The summed E-state index contributed by atoms with van der Waals surface area (Å²) in [4.78, 5) is 1.16. The first-order valence-corrected chi connectivity index (χ1v) is 7.42. The molecule has 0 amide bonds. The van der Waals surface area contributed by atoms with Crippen molar-refractivity contribution >= 4 is 11.8 Å². The van der Waals surface area contributed by atoms with E-state index in [9.17, 15) is 5.11 Å². The summed E-state index contributed by atoms with van der Waals surface area (Å²) in [6, 6.07) is 16.3. The van der Waals surface area contributed by atoms with E-state index < -0.39 is 5.60 Å². The van der Waals surface area contributed by atoms with Gasteiger partial charge in [0.05, 0.1) is 0 Å². The number of fused-ring (bicyclic) bond motifs is 2. The van der Waals surface area contributed by atoms with E-state index in [2.05, 4.69) is 17.4 Å². The first-order chi connectivity index (χ1) is 9.25. The van der Waals surface area contributed by atoms with Crippen LogP contribution in [0.15, 0.2) is 53.4 Å². The van der Waals surface area contributed by atoms with Gasteiger partial charge < -0.3 is 10.4 Å². The summed E-state index contributed by atoms with van der Waals surface area (Å²) in [5, 5.41) is 14.4. The Morgan fingerprint density at radius 1 is 1.11 bits per heavy atom. The summed E-state index contributed by atoms with van der Waals surface area (Å²) in [7, 11) is 1.88. The average Bonchev–Trinajstić information content (AvgIpc) is 2.57. The number of nitrogens with one attached hydrogen (secondary N) is 1. The third kappa shape index (κ3) is 2.08. The maximum atomic E-state index is 11.3. The van der Waals surface area contributed by atoms with Crippen LogP contribution in [0.25, 0.3) is 0 Å². The van der Waals surface area contributed by atoms with Crippen LogP contribution in [0.3, 0.4) is 0 Å². The molecule has 0 aromatic heterocycles. The Bertz CT molecular complexity index is 549. The second-order valence-corrected chi connectivity index (χ2v) is 5.85. The van der Waals surface area contributed by atoms with Crippen LogP contribution in [0.5, 0.6) is 0 Å². The van der Waals surface area contributed by atoms with Crippen LogP contribution in [0.4, 0.5) is 0 Å². The fraction of sp³-hybridized carbons (Fsp3) is 0.250. The Morgan fingerprint density at radius 3 is 2.58 bits per heavy atom. The number of rotatable bonds is 2. The minimum absolute atomic E-state index is 0.515. The zero-order chi connectivity index (χ0) is 13.3. The van der Waals surface area contributed by atoms with Crippen molar-refractivity contribution < 1.29 is 5.11 Å². The van der Waals surface area contributed by atoms with Crippen molar-refractivity contribution in [2.75, 3.05) is 13.6 Å². The molecule has 1 atom stereocenters. The normalized spacial score (nSPS) is 21.4. The zero-order valence-corrected chi connectivity index (χ0v) is 11.7. The van der Waals surface area contributed by atoms with Gasteiger partial charge >= 0.3 is 0 Å². The van der Waals surface area contributed by atoms with Crippen molar-refractivity contribution in [1.29, 1.82) is 0 Å². The topological polar surface area (TPSA) is 32.3 Å². The molecule has 0 radical (unpaired) electrons. The van der Waals surface area contributed by atoms with Crippen molar-refractivity contribution in [1.82, 2.24) is 5.32 Å². The van der Waals surface area contributed by atoms with Crippen LogP contribution in [0.1, 0.15) is 16.7 Å². The maximum Gasteiger partial charge on any atom is 0.128 e. The van der Waals surface area contributed by atoms with Gasteiger partial charge in [0, 0.05) is 22.8 Å². The smallest absolute Gasteiger partial charge is 0.128 e. The van der Waals surface area contributed by atoms with E-state index in [4.69, 9.17) is 0 Å². The molecule has 2 N–H and O–H groups in total. The number of hydrogen-bond donors (Lipinski definition) is 2. The standard InChI is InChI=1S/C16H17NOS/c1-17-11-16(18)13-7-3-2-6-12(13)10-19-15-9-5-4-8-14(15)16/h2-9,17-18H,10-11H2,1H3. The van der Waals surface area contributed by atoms with Crippen molar-refractivity contribution in [3.05, 3.63) is 65.2 Å². The molecule has 1 aliphatic heterocycles. The Morgan fingerprint density at radius 2 is 1.79 bits per heavy atom. The minimum atomic E-state index is -0.953. The van der Waals surface area contributed by atoms with Crippen molar-refractivity contribution in [3.63, 3.8) is 0 Å². The summed E-state index contributed by atoms with van der Waals surface area (Å²) in [6.45, 7) is 0.515. The summed E-state index contributed by atoms with van der Waals surface area (Å²) in [5.74, 6) is 0.902. The Kier molecular flexibility index (Phi) is 3.35. The summed E-state index contributed by atoms with van der Waals surface area (Å²) < 4.78 is 0. The zero-order valence-electron chi connectivity index (χ0n) is 10.9. The van der Waals surface area contributed by atoms with Gasteiger partial charge in [-0.3, -0.25) is 0 Å². The molecule has 1 heterocycles. The highest BCUT2D eigenvalue weighted by atomic mass is 32.2. The fourth-order valence-corrected chi connectivity index (χ4v) is 3.86. The predicted octanol–water partition coefficient (Wildman–Crippen LogP) is 2.75. The molecule has 19 heavy (non-hydrogen) atoms. The lowest BCUT2D eigenvalue weighted by Gasteiger charge is -2.30. The van der Waals surface area contributed by atoms with Crippen LogP contribution in [0, 0.1) is 0 Å². The lowest BCUT2D eigenvalue weighted by Crippen LogP contribution is -2.38. The molecule has 1 unspecified atom stereocenters. The van der Waals surface area contributed by atoms with Gasteiger partial charge in [0.2, 0.25) is 0 Å². The summed E-state index contributed by atoms with van der Waals surface area (Å²) >= 11 is 1.79. The highest BCUT2D eigenvalue weighted by molar-refractivity contribution is 7.98. The molecule has 2 nitrogen and oxygen atoms in total. The molecular formula is C16H17NOS. The molecular weight excluding hydrogens is 254 g/mol. The highest BCUT2D eigenvalue weighted by Crippen LogP contribution is 2.42. The van der Waals surface area contributed by atoms with E-state index in [1.165, 1.54) is 5.56 Å². The van der Waals surface area contributed by atoms with Gasteiger partial charge in [-0.15, -0.1) is 11.8 Å². The number of likely N-dealkylation sites (N-methyl/N-ethyl adjacent to an activating group) is 1. The SMILES string of the molecule is CNCC1(O)c2ccccc2CSc2ccccc21. The van der Waals surface area contributed by atoms with Crippen molar-refractivity contribution in [2.45, 2.75) is 16.2 Å². The first kappa shape index (κ1) is 12.7. The maximum absolute atomic E-state index is 11.3. The quantitative estimate of drug-likeness (QED) is 0.881. The molecule has 0 fully saturated rings. The lowest BCUT2D eigenvalue weighted by molar-refractivity contribution is 0.0792. The van der Waals surface area contributed by atoms with E-state index >= 15 is 0 Å². The number of benzene rings is 2. The predicted molar refractivity (Wildman–Crippen MR) is 79.4 cm³/mol. The molecule has 0 saturated carbocycles. The molecule has 2 aromatic rings. The van der Waals surface area contributed by atoms with E-state index in [-0.39, 0.29) is 0 Å². The molecule has 98 valence electrons. The summed E-state index contributed by atoms with van der Waals surface area (Å²) in [6.07, 6.45) is 0. The van der Waals surface area contributed by atoms with Gasteiger partial charge in [-0.2, -0.15) is 0 Å². The molecule has 2 aromatic carbocycles. The van der Waals surface area contributed by atoms with Gasteiger partial charge in [-0.25, -0.2) is 0 Å². The second-order valence-electron chi connectivity index (χ2n) is 4.83. The Balaban J connectivity index is 2.25. The molecule has 0 saturated heterocycles. The van der Waals surface area contributed by atoms with E-state index in [1.54, 1.807) is 11.8 Å². The van der Waals surface area contributed by atoms with Gasteiger partial charge in [-0.05, 0) is 24.2 Å². The highest BCUT2D eigenvalue weighted by Gasteiger charge is 2.36. The van der Waals surface area contributed by atoms with E-state index in [0.29, 0.717) is 6.54 Å². The Labute approximate surface area is 117 Å². The minimum Gasteiger partial charge on any atom is -0.379 e. The van der Waals surface area contributed by atoms with Crippen molar-refractivity contribution in [3.8, 4) is 0 Å². The summed E-state index contributed by atoms with van der Waals surface area (Å²) in [5.41, 5.74) is 2.27. The first-order valence-electron chi connectivity index (χ1n) is 6.43. The van der Waals surface area contributed by atoms with E-state index in [1.807, 2.05) is 43.4 Å². The molecule has 0 spiro atoms. The molecule has 3 heteroatoms. The van der Waals surface area contributed by atoms with Crippen LogP contribution in [0.2, 0.25) is 0 Å². The molecule has 1 aliphatic rings. The average molecular weight is 271 g/mol. The molecule has 0 bridgehead atoms. The third-order valence-corrected chi connectivity index (χ3v) is 4.73. The lowest BCUT2D eigenvalue weighted by atomic mass is 9.84. The number of hydrogen-bond acceptors (Lipinski definition) is 3. The van der Waals surface area contributed by atoms with Gasteiger partial charge in [0.25, 0.3) is 0 Å². The number of thioether (sulfide) groups is 1. The fourth-order valence-electron chi connectivity index (χ4n) is 2.73. The molecule has 0 aliphatic carbocycles. The van der Waals surface area contributed by atoms with Crippen molar-refractivity contribution in [2.24, 2.45) is 0 Å². The molecule has 3 rings (SSSR count). The Hall–Kier alpha value is -1.29. The van der Waals surface area contributed by atoms with Crippen LogP contribution in [-0.4, -0.2) is 18.7 Å². The van der Waals surface area contributed by atoms with Crippen LogP contribution >= 0.6 is 11.8 Å². The van der Waals surface area contributed by atoms with Gasteiger partial charge in [-0.1, -0.05) is 42.5 Å². The largest absolute Gasteiger partial charge is 0.379 e. The van der Waals surface area contributed by atoms with Crippen LogP contribution < -0.4 is 5.32 Å².